The summed E-state index contributed by atoms with van der Waals surface area (Å²) < 4.78 is 9.63. The molecule has 126 valence electrons. The predicted octanol–water partition coefficient (Wildman–Crippen LogP) is 4.20. The van der Waals surface area contributed by atoms with Crippen LogP contribution in [0.1, 0.15) is 59.8 Å². The van der Waals surface area contributed by atoms with Crippen LogP contribution in [-0.2, 0) is 19.1 Å². The molecule has 4 nitrogen and oxygen atoms in total. The second-order valence-corrected chi connectivity index (χ2v) is 6.59. The molecule has 0 aliphatic heterocycles. The van der Waals surface area contributed by atoms with Crippen molar-refractivity contribution in [3.8, 4) is 0 Å². The molecule has 4 heteroatoms. The molecule has 1 saturated carbocycles. The van der Waals surface area contributed by atoms with Gasteiger partial charge in [0, 0.05) is 11.6 Å². The molecule has 0 amide bonds. The Morgan fingerprint density at radius 2 is 1.68 bits per heavy atom. The highest BCUT2D eigenvalue weighted by atomic mass is 16.5. The van der Waals surface area contributed by atoms with E-state index in [2.05, 4.69) is 32.1 Å². The third kappa shape index (κ3) is 10.2. The van der Waals surface area contributed by atoms with Gasteiger partial charge in [0.2, 0.25) is 0 Å². The Morgan fingerprint density at radius 1 is 1.14 bits per heavy atom. The minimum absolute atomic E-state index is 0.0374. The van der Waals surface area contributed by atoms with Gasteiger partial charge >= 0.3 is 11.9 Å². The first-order valence-electron chi connectivity index (χ1n) is 7.80. The lowest BCUT2D eigenvalue weighted by atomic mass is 9.94. The van der Waals surface area contributed by atoms with E-state index < -0.39 is 5.97 Å². The lowest BCUT2D eigenvalue weighted by Crippen LogP contribution is -2.21. The molecule has 0 radical (unpaired) electrons. The van der Waals surface area contributed by atoms with Crippen LogP contribution in [0.3, 0.4) is 0 Å². The van der Waals surface area contributed by atoms with Crippen LogP contribution in [-0.4, -0.2) is 25.2 Å². The summed E-state index contributed by atoms with van der Waals surface area (Å²) in [5.41, 5.74) is 0.772. The predicted molar refractivity (Wildman–Crippen MR) is 88.4 cm³/mol. The van der Waals surface area contributed by atoms with Gasteiger partial charge in [-0.3, -0.25) is 0 Å². The molecule has 0 atom stereocenters. The number of rotatable bonds is 3. The van der Waals surface area contributed by atoms with Gasteiger partial charge in [-0.15, -0.1) is 0 Å². The largest absolute Gasteiger partial charge is 0.466 e. The Bertz CT molecular complexity index is 396. The molecule has 1 aliphatic rings. The van der Waals surface area contributed by atoms with E-state index in [0.717, 1.165) is 24.5 Å². The van der Waals surface area contributed by atoms with Crippen molar-refractivity contribution in [3.05, 3.63) is 24.3 Å². The Morgan fingerprint density at radius 3 is 2.05 bits per heavy atom. The van der Waals surface area contributed by atoms with Crippen molar-refractivity contribution in [2.75, 3.05) is 7.11 Å². The maximum absolute atomic E-state index is 11.8. The minimum atomic E-state index is -0.394. The summed E-state index contributed by atoms with van der Waals surface area (Å²) in [5.74, 6) is -0.531. The maximum atomic E-state index is 11.8. The van der Waals surface area contributed by atoms with E-state index in [0.29, 0.717) is 0 Å². The van der Waals surface area contributed by atoms with Crippen LogP contribution in [0.5, 0.6) is 0 Å². The van der Waals surface area contributed by atoms with Crippen LogP contribution in [0.15, 0.2) is 24.3 Å². The first-order valence-corrected chi connectivity index (χ1v) is 7.80. The maximum Gasteiger partial charge on any atom is 0.333 e. The second kappa shape index (κ2) is 10.2. The molecule has 0 heterocycles. The molecule has 1 aliphatic carbocycles. The topological polar surface area (TPSA) is 52.6 Å². The summed E-state index contributed by atoms with van der Waals surface area (Å²) in [5, 5.41) is 0. The third-order valence-corrected chi connectivity index (χ3v) is 3.17. The Kier molecular flexibility index (Phi) is 9.46. The van der Waals surface area contributed by atoms with Crippen molar-refractivity contribution >= 4 is 11.9 Å². The molecule has 0 unspecified atom stereocenters. The highest BCUT2D eigenvalue weighted by Gasteiger charge is 2.19. The van der Waals surface area contributed by atoms with Gasteiger partial charge in [0.1, 0.15) is 6.10 Å². The molecule has 0 N–H and O–H groups in total. The number of carbonyl (C=O) groups is 2. The molecule has 0 aromatic carbocycles. The first kappa shape index (κ1) is 20.4. The number of ether oxygens (including phenoxy) is 2. The van der Waals surface area contributed by atoms with Gasteiger partial charge in [0.25, 0.3) is 0 Å². The monoisotopic (exact) mass is 310 g/mol. The van der Waals surface area contributed by atoms with Crippen LogP contribution < -0.4 is 0 Å². The summed E-state index contributed by atoms with van der Waals surface area (Å²) in [6.07, 6.45) is 9.00. The van der Waals surface area contributed by atoms with Crippen LogP contribution in [0.2, 0.25) is 0 Å². The van der Waals surface area contributed by atoms with E-state index in [1.54, 1.807) is 0 Å². The zero-order chi connectivity index (χ0) is 17.2. The van der Waals surface area contributed by atoms with Crippen molar-refractivity contribution < 1.29 is 19.1 Å². The van der Waals surface area contributed by atoms with E-state index in [-0.39, 0.29) is 17.5 Å². The minimum Gasteiger partial charge on any atom is -0.466 e. The van der Waals surface area contributed by atoms with E-state index in [1.165, 1.54) is 26.4 Å². The Labute approximate surface area is 134 Å². The summed E-state index contributed by atoms with van der Waals surface area (Å²) in [6, 6.07) is 0. The van der Waals surface area contributed by atoms with E-state index in [1.807, 2.05) is 13.0 Å². The molecule has 0 bridgehead atoms. The average molecular weight is 310 g/mol. The highest BCUT2D eigenvalue weighted by molar-refractivity contribution is 5.88. The third-order valence-electron chi connectivity index (χ3n) is 3.17. The van der Waals surface area contributed by atoms with E-state index in [4.69, 9.17) is 4.74 Å². The van der Waals surface area contributed by atoms with Gasteiger partial charge in [-0.05, 0) is 38.0 Å². The molecule has 0 spiro atoms. The van der Waals surface area contributed by atoms with Gasteiger partial charge in [-0.25, -0.2) is 9.59 Å². The summed E-state index contributed by atoms with van der Waals surface area (Å²) in [7, 11) is 1.31. The zero-order valence-corrected chi connectivity index (χ0v) is 14.6. The van der Waals surface area contributed by atoms with Crippen molar-refractivity contribution in [2.24, 2.45) is 5.41 Å². The molecule has 1 rings (SSSR count). The van der Waals surface area contributed by atoms with Crippen LogP contribution >= 0.6 is 0 Å². The summed E-state index contributed by atoms with van der Waals surface area (Å²) in [6.45, 7) is 11.3. The fourth-order valence-corrected chi connectivity index (χ4v) is 2.22. The van der Waals surface area contributed by atoms with Crippen LogP contribution in [0.25, 0.3) is 0 Å². The lowest BCUT2D eigenvalue weighted by Gasteiger charge is -2.22. The smallest absolute Gasteiger partial charge is 0.333 e. The van der Waals surface area contributed by atoms with Gasteiger partial charge in [0.15, 0.2) is 0 Å². The van der Waals surface area contributed by atoms with Gasteiger partial charge < -0.3 is 9.47 Å². The van der Waals surface area contributed by atoms with E-state index in [9.17, 15) is 9.59 Å². The summed E-state index contributed by atoms with van der Waals surface area (Å²) in [4.78, 5) is 21.6. The molecule has 0 aromatic rings. The van der Waals surface area contributed by atoms with Crippen molar-refractivity contribution in [3.63, 3.8) is 0 Å². The van der Waals surface area contributed by atoms with Gasteiger partial charge in [-0.1, -0.05) is 39.8 Å². The Balaban J connectivity index is 0.000000626. The first-order chi connectivity index (χ1) is 10.2. The molecular weight excluding hydrogens is 280 g/mol. The van der Waals surface area contributed by atoms with Gasteiger partial charge in [0.05, 0.1) is 7.11 Å². The van der Waals surface area contributed by atoms with Crippen LogP contribution in [0.4, 0.5) is 0 Å². The highest BCUT2D eigenvalue weighted by Crippen LogP contribution is 2.22. The van der Waals surface area contributed by atoms with Crippen LogP contribution in [0, 0.1) is 5.41 Å². The van der Waals surface area contributed by atoms with Crippen molar-refractivity contribution in [2.45, 2.75) is 65.9 Å². The van der Waals surface area contributed by atoms with Crippen molar-refractivity contribution in [1.82, 2.24) is 0 Å². The van der Waals surface area contributed by atoms with Crippen molar-refractivity contribution in [1.29, 1.82) is 0 Å². The number of carbonyl (C=O) groups excluding carboxylic acids is 2. The SMILES string of the molecule is C=CC(=O)OC.CC(=CC(C)(C)C)C(=O)OC1CCCCC1. The molecule has 22 heavy (non-hydrogen) atoms. The average Bonchev–Trinajstić information content (AvgIpc) is 2.46. The Hall–Kier alpha value is -1.58. The lowest BCUT2D eigenvalue weighted by molar-refractivity contribution is -0.145. The number of hydrogen-bond donors (Lipinski definition) is 0. The fourth-order valence-electron chi connectivity index (χ4n) is 2.22. The molecular formula is C18H30O4. The summed E-state index contributed by atoms with van der Waals surface area (Å²) >= 11 is 0. The molecule has 0 aromatic heterocycles. The normalized spacial score (nSPS) is 16.1. The number of allylic oxidation sites excluding steroid dienone is 1. The number of methoxy groups -OCH3 is 1. The standard InChI is InChI=1S/C14H24O2.C4H6O2/c1-11(10-14(2,3)4)13(15)16-12-8-6-5-7-9-12;1-3-4(5)6-2/h10,12H,5-9H2,1-4H3;3H,1H2,2H3. The fraction of sp³-hybridized carbons (Fsp3) is 0.667. The molecule has 0 saturated heterocycles. The molecule has 1 fully saturated rings. The quantitative estimate of drug-likeness (QED) is 0.579. The zero-order valence-electron chi connectivity index (χ0n) is 14.6. The number of hydrogen-bond acceptors (Lipinski definition) is 4. The number of esters is 2. The second-order valence-electron chi connectivity index (χ2n) is 6.59. The van der Waals surface area contributed by atoms with E-state index >= 15 is 0 Å². The van der Waals surface area contributed by atoms with Gasteiger partial charge in [-0.2, -0.15) is 0 Å².